The van der Waals surface area contributed by atoms with E-state index in [1.165, 1.54) is 6.20 Å². The van der Waals surface area contributed by atoms with E-state index in [1.54, 1.807) is 17.6 Å². The fourth-order valence-corrected chi connectivity index (χ4v) is 4.37. The first-order valence-corrected chi connectivity index (χ1v) is 9.52. The lowest BCUT2D eigenvalue weighted by Gasteiger charge is -2.31. The molecule has 1 unspecified atom stereocenters. The van der Waals surface area contributed by atoms with Gasteiger partial charge in [0.15, 0.2) is 5.60 Å². The van der Waals surface area contributed by atoms with E-state index in [-0.39, 0.29) is 41.8 Å². The number of pyridine rings is 3. The minimum atomic E-state index is -1.85. The molecule has 0 radical (unpaired) electrons. The monoisotopic (exact) mass is 443 g/mol. The number of nitrogens with zero attached hydrogens (tertiary/aromatic N) is 2. The third-order valence-corrected chi connectivity index (χ3v) is 6.31. The number of nitrogens with one attached hydrogen (secondary N) is 1. The standard InChI is InChI=1S/C19H14BrN3O5/c1-2-19(27)11-4-13-15-8(3-9-12(22-15)5-21-16(24)14(9)20)6-23(13)17(25)10(11)7-28-18(19)26/h3-5,27H,2,6-7H2,1H3,(H,21,24). The number of aromatic amines is 1. The summed E-state index contributed by atoms with van der Waals surface area (Å²) in [6, 6.07) is 3.49. The first kappa shape index (κ1) is 17.3. The molecule has 8 nitrogen and oxygen atoms in total. The zero-order chi connectivity index (χ0) is 19.8. The van der Waals surface area contributed by atoms with E-state index < -0.39 is 11.6 Å². The second-order valence-corrected chi connectivity index (χ2v) is 7.76. The van der Waals surface area contributed by atoms with Crippen LogP contribution in [0.1, 0.15) is 30.0 Å². The van der Waals surface area contributed by atoms with Gasteiger partial charge in [0, 0.05) is 22.7 Å². The van der Waals surface area contributed by atoms with Crippen LogP contribution in [-0.4, -0.2) is 25.6 Å². The first-order valence-electron chi connectivity index (χ1n) is 8.73. The van der Waals surface area contributed by atoms with Crippen molar-refractivity contribution in [1.29, 1.82) is 0 Å². The number of H-pyrrole nitrogens is 1. The molecule has 1 atom stereocenters. The molecule has 0 fully saturated rings. The zero-order valence-corrected chi connectivity index (χ0v) is 16.3. The van der Waals surface area contributed by atoms with Gasteiger partial charge in [-0.15, -0.1) is 0 Å². The van der Waals surface area contributed by atoms with Crippen molar-refractivity contribution in [2.24, 2.45) is 0 Å². The lowest BCUT2D eigenvalue weighted by molar-refractivity contribution is -0.172. The van der Waals surface area contributed by atoms with E-state index in [9.17, 15) is 19.5 Å². The maximum Gasteiger partial charge on any atom is 0.343 e. The molecule has 9 heteroatoms. The van der Waals surface area contributed by atoms with Crippen molar-refractivity contribution in [3.05, 3.63) is 60.2 Å². The van der Waals surface area contributed by atoms with E-state index in [0.29, 0.717) is 26.8 Å². The third-order valence-electron chi connectivity index (χ3n) is 5.52. The Balaban J connectivity index is 1.81. The number of aliphatic hydroxyl groups is 1. The van der Waals surface area contributed by atoms with Gasteiger partial charge in [-0.1, -0.05) is 6.92 Å². The summed E-state index contributed by atoms with van der Waals surface area (Å²) in [5, 5.41) is 11.5. The highest BCUT2D eigenvalue weighted by molar-refractivity contribution is 9.10. The zero-order valence-electron chi connectivity index (χ0n) is 14.7. The van der Waals surface area contributed by atoms with Gasteiger partial charge in [0.25, 0.3) is 11.1 Å². The van der Waals surface area contributed by atoms with Gasteiger partial charge < -0.3 is 19.4 Å². The van der Waals surface area contributed by atoms with Crippen LogP contribution >= 0.6 is 15.9 Å². The largest absolute Gasteiger partial charge is 0.458 e. The van der Waals surface area contributed by atoms with Crippen LogP contribution in [0.2, 0.25) is 0 Å². The number of cyclic esters (lactones) is 1. The summed E-state index contributed by atoms with van der Waals surface area (Å²) >= 11 is 3.28. The minimum absolute atomic E-state index is 0.0912. The average molecular weight is 444 g/mol. The van der Waals surface area contributed by atoms with Crippen LogP contribution in [0.25, 0.3) is 22.3 Å². The molecule has 3 aromatic heterocycles. The summed E-state index contributed by atoms with van der Waals surface area (Å²) in [6.07, 6.45) is 1.61. The molecule has 3 aromatic rings. The molecule has 0 saturated carbocycles. The third kappa shape index (κ3) is 2.08. The summed E-state index contributed by atoms with van der Waals surface area (Å²) < 4.78 is 6.99. The molecule has 0 amide bonds. The molecule has 5 heterocycles. The number of carbonyl (C=O) groups is 1. The number of ether oxygens (including phenoxy) is 1. The molecule has 28 heavy (non-hydrogen) atoms. The van der Waals surface area contributed by atoms with Crippen molar-refractivity contribution in [3.8, 4) is 11.4 Å². The van der Waals surface area contributed by atoms with Crippen molar-refractivity contribution < 1.29 is 14.6 Å². The molecule has 0 saturated heterocycles. The molecule has 0 aliphatic carbocycles. The Morgan fingerprint density at radius 3 is 2.89 bits per heavy atom. The van der Waals surface area contributed by atoms with Crippen LogP contribution in [-0.2, 0) is 28.3 Å². The van der Waals surface area contributed by atoms with Crippen molar-refractivity contribution in [1.82, 2.24) is 14.5 Å². The molecule has 142 valence electrons. The van der Waals surface area contributed by atoms with Gasteiger partial charge in [-0.2, -0.15) is 0 Å². The molecular formula is C19H14BrN3O5. The lowest BCUT2D eigenvalue weighted by Crippen LogP contribution is -2.44. The number of aromatic nitrogens is 3. The number of carbonyl (C=O) groups excluding carboxylic acids is 1. The van der Waals surface area contributed by atoms with Crippen molar-refractivity contribution in [2.75, 3.05) is 0 Å². The van der Waals surface area contributed by atoms with Crippen molar-refractivity contribution in [2.45, 2.75) is 32.1 Å². The fraction of sp³-hybridized carbons (Fsp3) is 0.263. The van der Waals surface area contributed by atoms with Crippen LogP contribution in [0.4, 0.5) is 0 Å². The number of rotatable bonds is 1. The van der Waals surface area contributed by atoms with Crippen LogP contribution in [0.5, 0.6) is 0 Å². The summed E-state index contributed by atoms with van der Waals surface area (Å²) in [6.45, 7) is 1.79. The quantitative estimate of drug-likeness (QED) is 0.431. The van der Waals surface area contributed by atoms with E-state index in [2.05, 4.69) is 25.9 Å². The molecule has 2 aliphatic heterocycles. The molecule has 0 spiro atoms. The molecule has 2 aliphatic rings. The van der Waals surface area contributed by atoms with Crippen LogP contribution in [0.3, 0.4) is 0 Å². The Bertz CT molecular complexity index is 1330. The predicted molar refractivity (Wildman–Crippen MR) is 103 cm³/mol. The van der Waals surface area contributed by atoms with E-state index in [0.717, 1.165) is 5.56 Å². The Morgan fingerprint density at radius 2 is 2.14 bits per heavy atom. The summed E-state index contributed by atoms with van der Waals surface area (Å²) in [5.41, 5.74) is 0.593. The van der Waals surface area contributed by atoms with Crippen LogP contribution in [0.15, 0.2) is 32.4 Å². The topological polar surface area (TPSA) is 114 Å². The van der Waals surface area contributed by atoms with Gasteiger partial charge in [0.1, 0.15) is 6.61 Å². The number of esters is 1. The SMILES string of the molecule is CCC1(O)C(=O)OCc2c1cc1n(c2=O)Cc2cc3c(Br)c(=O)[nH]cc3nc2-1. The highest BCUT2D eigenvalue weighted by atomic mass is 79.9. The van der Waals surface area contributed by atoms with Gasteiger partial charge >= 0.3 is 5.97 Å². The number of halogens is 1. The van der Waals surface area contributed by atoms with Gasteiger partial charge in [-0.25, -0.2) is 9.78 Å². The highest BCUT2D eigenvalue weighted by Crippen LogP contribution is 2.38. The molecule has 0 bridgehead atoms. The predicted octanol–water partition coefficient (Wildman–Crippen LogP) is 1.53. The number of hydrogen-bond acceptors (Lipinski definition) is 6. The normalized spacial score (nSPS) is 19.9. The molecule has 5 rings (SSSR count). The van der Waals surface area contributed by atoms with Crippen molar-refractivity contribution >= 4 is 32.8 Å². The average Bonchev–Trinajstić information content (AvgIpc) is 3.05. The smallest absolute Gasteiger partial charge is 0.343 e. The highest BCUT2D eigenvalue weighted by Gasteiger charge is 2.45. The van der Waals surface area contributed by atoms with E-state index in [1.807, 2.05) is 6.07 Å². The molecule has 2 N–H and O–H groups in total. The first-order chi connectivity index (χ1) is 13.3. The fourth-order valence-electron chi connectivity index (χ4n) is 3.94. The molecule has 0 aromatic carbocycles. The second-order valence-electron chi connectivity index (χ2n) is 6.96. The Kier molecular flexibility index (Phi) is 3.48. The maximum absolute atomic E-state index is 13.1. The summed E-state index contributed by atoms with van der Waals surface area (Å²) in [4.78, 5) is 44.3. The van der Waals surface area contributed by atoms with E-state index >= 15 is 0 Å². The van der Waals surface area contributed by atoms with Gasteiger partial charge in [0.2, 0.25) is 0 Å². The summed E-state index contributed by atoms with van der Waals surface area (Å²) in [5.74, 6) is -0.752. The number of fused-ring (bicyclic) bond motifs is 5. The van der Waals surface area contributed by atoms with Gasteiger partial charge in [-0.3, -0.25) is 9.59 Å². The maximum atomic E-state index is 13.1. The van der Waals surface area contributed by atoms with Crippen LogP contribution in [0, 0.1) is 0 Å². The van der Waals surface area contributed by atoms with Gasteiger partial charge in [-0.05, 0) is 34.5 Å². The Hall–Kier alpha value is -2.78. The van der Waals surface area contributed by atoms with Crippen LogP contribution < -0.4 is 11.1 Å². The molecular weight excluding hydrogens is 430 g/mol. The number of hydrogen-bond donors (Lipinski definition) is 2. The van der Waals surface area contributed by atoms with Gasteiger partial charge in [0.05, 0.1) is 33.5 Å². The lowest BCUT2D eigenvalue weighted by atomic mass is 9.86. The van der Waals surface area contributed by atoms with E-state index in [4.69, 9.17) is 4.74 Å². The Labute approximate surface area is 165 Å². The van der Waals surface area contributed by atoms with Crippen molar-refractivity contribution in [3.63, 3.8) is 0 Å². The second kappa shape index (κ2) is 5.62. The Morgan fingerprint density at radius 1 is 1.36 bits per heavy atom. The summed E-state index contributed by atoms with van der Waals surface area (Å²) in [7, 11) is 0. The minimum Gasteiger partial charge on any atom is -0.458 e.